The van der Waals surface area contributed by atoms with Crippen LogP contribution >= 0.6 is 0 Å². The molecule has 0 radical (unpaired) electrons. The van der Waals surface area contributed by atoms with E-state index < -0.39 is 12.1 Å². The third kappa shape index (κ3) is 5.22. The largest absolute Gasteiger partial charge is 0.490 e. The molecule has 0 aliphatic carbocycles. The number of amides is 2. The summed E-state index contributed by atoms with van der Waals surface area (Å²) in [5.41, 5.74) is 0.654. The highest BCUT2D eigenvalue weighted by atomic mass is 19.4. The van der Waals surface area contributed by atoms with E-state index in [2.05, 4.69) is 4.98 Å². The number of carboxylic acids is 1. The summed E-state index contributed by atoms with van der Waals surface area (Å²) in [4.78, 5) is 41.9. The van der Waals surface area contributed by atoms with Gasteiger partial charge in [0.05, 0.1) is 12.3 Å². The molecular weight excluding hydrogens is 419 g/mol. The zero-order valence-corrected chi connectivity index (χ0v) is 16.3. The second kappa shape index (κ2) is 9.19. The number of hydrogen-bond acceptors (Lipinski definition) is 5. The van der Waals surface area contributed by atoms with Crippen molar-refractivity contribution in [3.63, 3.8) is 0 Å². The highest BCUT2D eigenvalue weighted by molar-refractivity contribution is 5.95. The second-order valence-electron chi connectivity index (χ2n) is 7.19. The molecule has 0 saturated carbocycles. The summed E-state index contributed by atoms with van der Waals surface area (Å²) >= 11 is 0. The first-order chi connectivity index (χ1) is 14.7. The van der Waals surface area contributed by atoms with Gasteiger partial charge in [-0.3, -0.25) is 14.6 Å². The molecule has 0 bridgehead atoms. The zero-order chi connectivity index (χ0) is 22.6. The van der Waals surface area contributed by atoms with Gasteiger partial charge in [0.25, 0.3) is 11.8 Å². The Morgan fingerprint density at radius 3 is 2.35 bits per heavy atom. The maximum absolute atomic E-state index is 12.8. The van der Waals surface area contributed by atoms with Gasteiger partial charge in [-0.2, -0.15) is 13.2 Å². The van der Waals surface area contributed by atoms with E-state index in [1.54, 1.807) is 36.7 Å². The van der Waals surface area contributed by atoms with E-state index in [9.17, 15) is 22.8 Å². The molecule has 11 heteroatoms. The van der Waals surface area contributed by atoms with Crippen LogP contribution in [0.1, 0.15) is 33.8 Å². The van der Waals surface area contributed by atoms with E-state index in [4.69, 9.17) is 14.3 Å². The van der Waals surface area contributed by atoms with Crippen LogP contribution in [-0.2, 0) is 4.79 Å². The molecule has 166 valence electrons. The number of fused-ring (bicyclic) bond motifs is 1. The van der Waals surface area contributed by atoms with Crippen LogP contribution in [0, 0.1) is 5.92 Å². The van der Waals surface area contributed by atoms with Crippen LogP contribution in [0.5, 0.6) is 0 Å². The minimum atomic E-state index is -5.08. The van der Waals surface area contributed by atoms with E-state index in [1.165, 1.54) is 6.26 Å². The summed E-state index contributed by atoms with van der Waals surface area (Å²) in [7, 11) is 0. The first kappa shape index (κ1) is 22.3. The lowest BCUT2D eigenvalue weighted by molar-refractivity contribution is -0.192. The molecule has 2 atom stereocenters. The van der Waals surface area contributed by atoms with Crippen LogP contribution in [0.3, 0.4) is 0 Å². The van der Waals surface area contributed by atoms with E-state index in [0.717, 1.165) is 19.4 Å². The third-order valence-electron chi connectivity index (χ3n) is 5.23. The Labute approximate surface area is 175 Å². The molecule has 2 aliphatic heterocycles. The molecule has 2 aromatic heterocycles. The van der Waals surface area contributed by atoms with Crippen molar-refractivity contribution >= 4 is 17.8 Å². The summed E-state index contributed by atoms with van der Waals surface area (Å²) in [5, 5.41) is 7.12. The number of carbonyl (C=O) groups is 3. The number of pyridine rings is 1. The topological polar surface area (TPSA) is 104 Å². The van der Waals surface area contributed by atoms with Gasteiger partial charge in [0.1, 0.15) is 0 Å². The average molecular weight is 439 g/mol. The SMILES string of the molecule is O=C(O)C(F)(F)F.O=C(c1ccco1)N1C[C@H]2CCCN(C(=O)c3ccncc3)[C@H]2C1. The lowest BCUT2D eigenvalue weighted by Gasteiger charge is -2.36. The molecule has 1 N–H and O–H groups in total. The van der Waals surface area contributed by atoms with Crippen LogP contribution in [0.4, 0.5) is 13.2 Å². The Kier molecular flexibility index (Phi) is 6.62. The number of carboxylic acid groups (broad SMARTS) is 1. The van der Waals surface area contributed by atoms with Crippen molar-refractivity contribution in [3.8, 4) is 0 Å². The van der Waals surface area contributed by atoms with Crippen molar-refractivity contribution in [2.24, 2.45) is 5.92 Å². The van der Waals surface area contributed by atoms with Crippen molar-refractivity contribution in [1.29, 1.82) is 0 Å². The van der Waals surface area contributed by atoms with Crippen molar-refractivity contribution in [1.82, 2.24) is 14.8 Å². The molecule has 4 heterocycles. The number of likely N-dealkylation sites (tertiary alicyclic amines) is 2. The number of nitrogens with zero attached hydrogens (tertiary/aromatic N) is 3. The number of aromatic nitrogens is 1. The van der Waals surface area contributed by atoms with Gasteiger partial charge in [0, 0.05) is 37.6 Å². The number of carbonyl (C=O) groups excluding carboxylic acids is 2. The molecular formula is C20H20F3N3O5. The number of furan rings is 1. The Morgan fingerprint density at radius 2 is 1.77 bits per heavy atom. The Balaban J connectivity index is 0.000000339. The molecule has 8 nitrogen and oxygen atoms in total. The van der Waals surface area contributed by atoms with Crippen LogP contribution in [0.25, 0.3) is 0 Å². The highest BCUT2D eigenvalue weighted by Gasteiger charge is 2.43. The number of alkyl halides is 3. The number of rotatable bonds is 2. The predicted octanol–water partition coefficient (Wildman–Crippen LogP) is 2.68. The average Bonchev–Trinajstić information content (AvgIpc) is 3.43. The third-order valence-corrected chi connectivity index (χ3v) is 5.23. The molecule has 2 fully saturated rings. The fourth-order valence-electron chi connectivity index (χ4n) is 3.81. The van der Waals surface area contributed by atoms with Crippen LogP contribution < -0.4 is 0 Å². The monoisotopic (exact) mass is 439 g/mol. The standard InChI is InChI=1S/C18H19N3O3.C2HF3O2/c22-17(13-5-7-19-8-6-13)21-9-1-3-14-11-20(12-15(14)21)18(23)16-4-2-10-24-16;3-2(4,5)1(6)7/h2,4-8,10,14-15H,1,3,9,11-12H2;(H,6,7)/t14-,15+;/m1./s1. The fourth-order valence-corrected chi connectivity index (χ4v) is 3.81. The van der Waals surface area contributed by atoms with Crippen LogP contribution in [-0.4, -0.2) is 69.5 Å². The van der Waals surface area contributed by atoms with E-state index in [-0.39, 0.29) is 17.9 Å². The summed E-state index contributed by atoms with van der Waals surface area (Å²) in [6, 6.07) is 6.97. The minimum absolute atomic E-state index is 0.0272. The first-order valence-corrected chi connectivity index (χ1v) is 9.52. The van der Waals surface area contributed by atoms with Crippen molar-refractivity contribution < 1.29 is 37.1 Å². The van der Waals surface area contributed by atoms with Gasteiger partial charge in [-0.05, 0) is 43.0 Å². The summed E-state index contributed by atoms with van der Waals surface area (Å²) in [5.74, 6) is -2.12. The minimum Gasteiger partial charge on any atom is -0.475 e. The number of aliphatic carboxylic acids is 1. The number of halogens is 3. The lowest BCUT2D eigenvalue weighted by atomic mass is 9.91. The Bertz CT molecular complexity index is 918. The highest BCUT2D eigenvalue weighted by Crippen LogP contribution is 2.32. The van der Waals surface area contributed by atoms with Crippen molar-refractivity contribution in [2.45, 2.75) is 25.1 Å². The van der Waals surface area contributed by atoms with E-state index in [1.807, 2.05) is 9.80 Å². The van der Waals surface area contributed by atoms with Gasteiger partial charge >= 0.3 is 12.1 Å². The molecule has 2 saturated heterocycles. The van der Waals surface area contributed by atoms with E-state index >= 15 is 0 Å². The molecule has 0 spiro atoms. The van der Waals surface area contributed by atoms with Crippen LogP contribution in [0.2, 0.25) is 0 Å². The molecule has 0 aromatic carbocycles. The Morgan fingerprint density at radius 1 is 1.10 bits per heavy atom. The number of hydrogen-bond donors (Lipinski definition) is 1. The van der Waals surface area contributed by atoms with Gasteiger partial charge in [0.2, 0.25) is 0 Å². The molecule has 2 aliphatic rings. The van der Waals surface area contributed by atoms with Crippen molar-refractivity contribution in [3.05, 3.63) is 54.2 Å². The van der Waals surface area contributed by atoms with Gasteiger partial charge in [-0.1, -0.05) is 0 Å². The van der Waals surface area contributed by atoms with E-state index in [0.29, 0.717) is 30.3 Å². The summed E-state index contributed by atoms with van der Waals surface area (Å²) < 4.78 is 37.0. The van der Waals surface area contributed by atoms with Gasteiger partial charge in [0.15, 0.2) is 5.76 Å². The normalized spacial score (nSPS) is 20.5. The first-order valence-electron chi connectivity index (χ1n) is 9.52. The second-order valence-corrected chi connectivity index (χ2v) is 7.19. The fraction of sp³-hybridized carbons (Fsp3) is 0.400. The summed E-state index contributed by atoms with van der Waals surface area (Å²) in [6.45, 7) is 2.00. The molecule has 4 rings (SSSR count). The molecule has 0 unspecified atom stereocenters. The maximum Gasteiger partial charge on any atom is 0.490 e. The smallest absolute Gasteiger partial charge is 0.475 e. The predicted molar refractivity (Wildman–Crippen MR) is 100 cm³/mol. The molecule has 2 amide bonds. The Hall–Kier alpha value is -3.37. The van der Waals surface area contributed by atoms with Gasteiger partial charge in [-0.25, -0.2) is 4.79 Å². The van der Waals surface area contributed by atoms with Gasteiger partial charge < -0.3 is 19.3 Å². The van der Waals surface area contributed by atoms with Crippen LogP contribution in [0.15, 0.2) is 47.3 Å². The molecule has 2 aromatic rings. The van der Waals surface area contributed by atoms with Crippen molar-refractivity contribution in [2.75, 3.05) is 19.6 Å². The quantitative estimate of drug-likeness (QED) is 0.772. The zero-order valence-electron chi connectivity index (χ0n) is 16.3. The lowest BCUT2D eigenvalue weighted by Crippen LogP contribution is -2.48. The molecule has 31 heavy (non-hydrogen) atoms. The summed E-state index contributed by atoms with van der Waals surface area (Å²) in [6.07, 6.45) is 1.72. The van der Waals surface area contributed by atoms with Gasteiger partial charge in [-0.15, -0.1) is 0 Å². The number of piperidine rings is 1. The maximum atomic E-state index is 12.8.